The van der Waals surface area contributed by atoms with Crippen molar-refractivity contribution in [1.29, 1.82) is 0 Å². The van der Waals surface area contributed by atoms with Crippen LogP contribution in [0.15, 0.2) is 42.5 Å². The van der Waals surface area contributed by atoms with Crippen LogP contribution in [0.5, 0.6) is 0 Å². The molecule has 24 heavy (non-hydrogen) atoms. The summed E-state index contributed by atoms with van der Waals surface area (Å²) in [5, 5.41) is 0. The van der Waals surface area contributed by atoms with E-state index in [1.54, 1.807) is 0 Å². The molecule has 0 amide bonds. The first-order chi connectivity index (χ1) is 11.9. The molecule has 1 nitrogen and oxygen atoms in total. The van der Waals surface area contributed by atoms with Crippen molar-refractivity contribution in [3.63, 3.8) is 0 Å². The van der Waals surface area contributed by atoms with Crippen LogP contribution in [-0.4, -0.2) is 4.98 Å². The van der Waals surface area contributed by atoms with Gasteiger partial charge in [0, 0.05) is 23.2 Å². The zero-order valence-electron chi connectivity index (χ0n) is 14.7. The summed E-state index contributed by atoms with van der Waals surface area (Å²) < 4.78 is 0. The molecule has 0 radical (unpaired) electrons. The highest BCUT2D eigenvalue weighted by Gasteiger charge is 2.22. The van der Waals surface area contributed by atoms with E-state index in [4.69, 9.17) is 4.98 Å². The summed E-state index contributed by atoms with van der Waals surface area (Å²) in [5.41, 5.74) is 5.47. The average Bonchev–Trinajstić information content (AvgIpc) is 2.70. The second kappa shape index (κ2) is 7.51. The van der Waals surface area contributed by atoms with E-state index in [1.165, 1.54) is 86.7 Å². The normalized spacial score (nSPS) is 20.2. The van der Waals surface area contributed by atoms with Gasteiger partial charge in [-0.25, -0.2) is 0 Å². The van der Waals surface area contributed by atoms with Crippen molar-refractivity contribution in [3.8, 4) is 11.1 Å². The smallest absolute Gasteiger partial charge is 0.0444 e. The summed E-state index contributed by atoms with van der Waals surface area (Å²) >= 11 is 0. The van der Waals surface area contributed by atoms with E-state index in [-0.39, 0.29) is 0 Å². The van der Waals surface area contributed by atoms with Crippen LogP contribution in [0, 0.1) is 0 Å². The van der Waals surface area contributed by atoms with Crippen LogP contribution in [0.4, 0.5) is 0 Å². The molecule has 1 aromatic heterocycles. The molecule has 1 aromatic carbocycles. The molecule has 0 atom stereocenters. The second-order valence-electron chi connectivity index (χ2n) is 7.74. The summed E-state index contributed by atoms with van der Waals surface area (Å²) in [6.45, 7) is 0. The standard InChI is InChI=1S/C23H29N/c1-4-10-18(11-5-1)21-16-22(19-12-6-2-7-13-19)24-23(17-21)20-14-8-3-9-15-20/h1,4-5,10-11,16-17,19-20H,2-3,6-9,12-15H2. The predicted octanol–water partition coefficient (Wildman–Crippen LogP) is 6.84. The molecule has 4 rings (SSSR count). The number of nitrogens with zero attached hydrogens (tertiary/aromatic N) is 1. The maximum atomic E-state index is 5.21. The number of pyridine rings is 1. The van der Waals surface area contributed by atoms with Gasteiger partial charge in [-0.15, -0.1) is 0 Å². The predicted molar refractivity (Wildman–Crippen MR) is 101 cm³/mol. The van der Waals surface area contributed by atoms with E-state index >= 15 is 0 Å². The molecule has 1 heteroatoms. The van der Waals surface area contributed by atoms with Gasteiger partial charge >= 0.3 is 0 Å². The number of benzene rings is 1. The third kappa shape index (κ3) is 3.55. The Morgan fingerprint density at radius 3 is 1.58 bits per heavy atom. The van der Waals surface area contributed by atoms with Crippen molar-refractivity contribution in [2.75, 3.05) is 0 Å². The Kier molecular flexibility index (Phi) is 4.96. The molecule has 0 N–H and O–H groups in total. The van der Waals surface area contributed by atoms with Crippen LogP contribution in [0.25, 0.3) is 11.1 Å². The van der Waals surface area contributed by atoms with Gasteiger partial charge in [0.25, 0.3) is 0 Å². The Bertz CT molecular complexity index is 613. The maximum absolute atomic E-state index is 5.21. The summed E-state index contributed by atoms with van der Waals surface area (Å²) in [7, 11) is 0. The van der Waals surface area contributed by atoms with Crippen molar-refractivity contribution in [1.82, 2.24) is 4.98 Å². The highest BCUT2D eigenvalue weighted by molar-refractivity contribution is 5.64. The van der Waals surface area contributed by atoms with E-state index < -0.39 is 0 Å². The molecular formula is C23H29N. The van der Waals surface area contributed by atoms with Crippen molar-refractivity contribution in [2.24, 2.45) is 0 Å². The first-order valence-electron chi connectivity index (χ1n) is 9.97. The van der Waals surface area contributed by atoms with Gasteiger partial charge in [-0.05, 0) is 48.9 Å². The first kappa shape index (κ1) is 15.9. The fraction of sp³-hybridized carbons (Fsp3) is 0.522. The van der Waals surface area contributed by atoms with Gasteiger partial charge in [0.1, 0.15) is 0 Å². The molecule has 0 bridgehead atoms. The Hall–Kier alpha value is -1.63. The SMILES string of the molecule is c1ccc(-c2cc(C3CCCCC3)nc(C3CCCCC3)c2)cc1. The van der Waals surface area contributed by atoms with Gasteiger partial charge in [0.05, 0.1) is 0 Å². The van der Waals surface area contributed by atoms with Gasteiger partial charge < -0.3 is 0 Å². The van der Waals surface area contributed by atoms with Gasteiger partial charge in [-0.1, -0.05) is 68.9 Å². The van der Waals surface area contributed by atoms with E-state index in [2.05, 4.69) is 42.5 Å². The number of rotatable bonds is 3. The van der Waals surface area contributed by atoms with Crippen LogP contribution in [0.2, 0.25) is 0 Å². The first-order valence-corrected chi connectivity index (χ1v) is 9.97. The Morgan fingerprint density at radius 1 is 0.583 bits per heavy atom. The molecule has 1 heterocycles. The average molecular weight is 319 g/mol. The molecular weight excluding hydrogens is 290 g/mol. The highest BCUT2D eigenvalue weighted by atomic mass is 14.7. The lowest BCUT2D eigenvalue weighted by atomic mass is 9.83. The molecule has 2 saturated carbocycles. The third-order valence-electron chi connectivity index (χ3n) is 6.02. The lowest BCUT2D eigenvalue weighted by molar-refractivity contribution is 0.422. The second-order valence-corrected chi connectivity index (χ2v) is 7.74. The number of hydrogen-bond acceptors (Lipinski definition) is 1. The molecule has 2 fully saturated rings. The van der Waals surface area contributed by atoms with Gasteiger partial charge in [-0.3, -0.25) is 4.98 Å². The Balaban J connectivity index is 1.72. The Morgan fingerprint density at radius 2 is 1.08 bits per heavy atom. The minimum Gasteiger partial charge on any atom is -0.257 e. The van der Waals surface area contributed by atoms with E-state index in [0.717, 1.165) is 0 Å². The molecule has 0 saturated heterocycles. The summed E-state index contributed by atoms with van der Waals surface area (Å²) in [6.07, 6.45) is 13.6. The van der Waals surface area contributed by atoms with E-state index in [9.17, 15) is 0 Å². The summed E-state index contributed by atoms with van der Waals surface area (Å²) in [6, 6.07) is 15.7. The zero-order valence-corrected chi connectivity index (χ0v) is 14.7. The molecule has 2 aliphatic carbocycles. The minimum absolute atomic E-state index is 0.685. The zero-order chi connectivity index (χ0) is 16.2. The maximum Gasteiger partial charge on any atom is 0.0444 e. The fourth-order valence-electron chi connectivity index (χ4n) is 4.59. The van der Waals surface area contributed by atoms with E-state index in [0.29, 0.717) is 11.8 Å². The van der Waals surface area contributed by atoms with Gasteiger partial charge in [0.2, 0.25) is 0 Å². The van der Waals surface area contributed by atoms with Crippen molar-refractivity contribution < 1.29 is 0 Å². The molecule has 2 aromatic rings. The van der Waals surface area contributed by atoms with Gasteiger partial charge in [0.15, 0.2) is 0 Å². The van der Waals surface area contributed by atoms with Gasteiger partial charge in [-0.2, -0.15) is 0 Å². The summed E-state index contributed by atoms with van der Waals surface area (Å²) in [4.78, 5) is 5.21. The van der Waals surface area contributed by atoms with Crippen LogP contribution in [0.3, 0.4) is 0 Å². The molecule has 0 spiro atoms. The van der Waals surface area contributed by atoms with Crippen molar-refractivity contribution in [2.45, 2.75) is 76.0 Å². The fourth-order valence-corrected chi connectivity index (χ4v) is 4.59. The van der Waals surface area contributed by atoms with Crippen molar-refractivity contribution in [3.05, 3.63) is 53.9 Å². The largest absolute Gasteiger partial charge is 0.257 e. The lowest BCUT2D eigenvalue weighted by Gasteiger charge is -2.26. The summed E-state index contributed by atoms with van der Waals surface area (Å²) in [5.74, 6) is 1.37. The molecule has 126 valence electrons. The molecule has 0 unspecified atom stereocenters. The monoisotopic (exact) mass is 319 g/mol. The minimum atomic E-state index is 0.685. The van der Waals surface area contributed by atoms with Crippen LogP contribution < -0.4 is 0 Å². The van der Waals surface area contributed by atoms with Crippen LogP contribution >= 0.6 is 0 Å². The molecule has 0 aliphatic heterocycles. The van der Waals surface area contributed by atoms with Crippen molar-refractivity contribution >= 4 is 0 Å². The highest BCUT2D eigenvalue weighted by Crippen LogP contribution is 2.37. The third-order valence-corrected chi connectivity index (χ3v) is 6.02. The number of aromatic nitrogens is 1. The number of hydrogen-bond donors (Lipinski definition) is 0. The Labute approximate surface area is 146 Å². The topological polar surface area (TPSA) is 12.9 Å². The lowest BCUT2D eigenvalue weighted by Crippen LogP contribution is -2.12. The van der Waals surface area contributed by atoms with Crippen LogP contribution in [-0.2, 0) is 0 Å². The van der Waals surface area contributed by atoms with E-state index in [1.807, 2.05) is 0 Å². The van der Waals surface area contributed by atoms with Crippen LogP contribution in [0.1, 0.15) is 87.4 Å². The molecule has 2 aliphatic rings. The quantitative estimate of drug-likeness (QED) is 0.603.